The van der Waals surface area contributed by atoms with Gasteiger partial charge in [0.2, 0.25) is 0 Å². The van der Waals surface area contributed by atoms with Crippen LogP contribution in [-0.2, 0) is 16.0 Å². The van der Waals surface area contributed by atoms with Gasteiger partial charge >= 0.3 is 5.97 Å². The van der Waals surface area contributed by atoms with Gasteiger partial charge in [-0.15, -0.1) is 0 Å². The largest absolute Gasteiger partial charge is 0.480 e. The predicted octanol–water partition coefficient (Wildman–Crippen LogP) is 4.38. The maximum absolute atomic E-state index is 12.0. The average molecular weight is 436 g/mol. The van der Waals surface area contributed by atoms with E-state index in [4.69, 9.17) is 9.72 Å². The highest BCUT2D eigenvalue weighted by atomic mass is 16.5. The van der Waals surface area contributed by atoms with Gasteiger partial charge < -0.3 is 15.2 Å². The summed E-state index contributed by atoms with van der Waals surface area (Å²) in [5, 5.41) is 13.3. The zero-order valence-corrected chi connectivity index (χ0v) is 18.6. The first-order valence-electron chi connectivity index (χ1n) is 12.1. The van der Waals surface area contributed by atoms with Crippen molar-refractivity contribution in [3.05, 3.63) is 59.3 Å². The molecular weight excluding hydrogens is 402 g/mol. The molecule has 0 bridgehead atoms. The summed E-state index contributed by atoms with van der Waals surface area (Å²) in [5.74, 6) is 0.812. The molecule has 3 aliphatic rings. The Bertz CT molecular complexity index is 927. The molecule has 1 aliphatic carbocycles. The number of aryl methyl sites for hydroxylation is 1. The van der Waals surface area contributed by atoms with Gasteiger partial charge in [0.15, 0.2) is 0 Å². The number of benzene rings is 1. The van der Waals surface area contributed by atoms with Crippen LogP contribution in [0.2, 0.25) is 0 Å². The number of hydrogen-bond acceptors (Lipinski definition) is 5. The molecule has 1 aromatic carbocycles. The van der Waals surface area contributed by atoms with Crippen LogP contribution in [0.1, 0.15) is 67.3 Å². The second-order valence-electron chi connectivity index (χ2n) is 9.44. The first-order valence-corrected chi connectivity index (χ1v) is 12.1. The lowest BCUT2D eigenvalue weighted by Gasteiger charge is -2.31. The summed E-state index contributed by atoms with van der Waals surface area (Å²) >= 11 is 0. The van der Waals surface area contributed by atoms with Crippen molar-refractivity contribution in [2.24, 2.45) is 0 Å². The van der Waals surface area contributed by atoms with Crippen molar-refractivity contribution in [1.82, 2.24) is 9.88 Å². The van der Waals surface area contributed by atoms with Gasteiger partial charge in [0.05, 0.1) is 12.2 Å². The van der Waals surface area contributed by atoms with Gasteiger partial charge in [0.25, 0.3) is 0 Å². The van der Waals surface area contributed by atoms with E-state index in [0.717, 1.165) is 63.0 Å². The van der Waals surface area contributed by atoms with Crippen LogP contribution in [0.15, 0.2) is 42.5 Å². The van der Waals surface area contributed by atoms with Gasteiger partial charge in [-0.2, -0.15) is 0 Å². The van der Waals surface area contributed by atoms with Crippen molar-refractivity contribution in [1.29, 1.82) is 0 Å². The summed E-state index contributed by atoms with van der Waals surface area (Å²) in [5.41, 5.74) is 3.40. The van der Waals surface area contributed by atoms with E-state index in [2.05, 4.69) is 22.3 Å². The molecular formula is C26H33N3O3. The van der Waals surface area contributed by atoms with Gasteiger partial charge in [-0.3, -0.25) is 9.69 Å². The third-order valence-corrected chi connectivity index (χ3v) is 7.28. The number of carbonyl (C=O) groups is 1. The van der Waals surface area contributed by atoms with Crippen LogP contribution in [0.4, 0.5) is 5.82 Å². The van der Waals surface area contributed by atoms with Gasteiger partial charge in [0.1, 0.15) is 11.9 Å². The quantitative estimate of drug-likeness (QED) is 0.701. The Morgan fingerprint density at radius 2 is 1.88 bits per heavy atom. The van der Waals surface area contributed by atoms with Crippen molar-refractivity contribution < 1.29 is 14.6 Å². The minimum absolute atomic E-state index is 0.119. The lowest BCUT2D eigenvalue weighted by atomic mass is 9.84. The van der Waals surface area contributed by atoms with E-state index in [-0.39, 0.29) is 12.2 Å². The summed E-state index contributed by atoms with van der Waals surface area (Å²) in [6, 6.07) is 13.4. The van der Waals surface area contributed by atoms with E-state index in [1.165, 1.54) is 17.7 Å². The molecule has 0 spiro atoms. The molecule has 1 aromatic heterocycles. The number of aromatic nitrogens is 1. The van der Waals surface area contributed by atoms with E-state index in [1.807, 2.05) is 30.3 Å². The van der Waals surface area contributed by atoms with Crippen LogP contribution in [0.5, 0.6) is 0 Å². The number of pyridine rings is 1. The Hall–Kier alpha value is -2.44. The normalized spacial score (nSPS) is 26.8. The SMILES string of the molecule is O=C(O)[C@H](c1ccccc1)N1CC[C@@H](OC2CCC(c3ccc4c(n3)NCCC4)CC2)C1. The molecule has 170 valence electrons. The Morgan fingerprint density at radius 3 is 2.66 bits per heavy atom. The molecule has 2 atom stereocenters. The fraction of sp³-hybridized carbons (Fsp3) is 0.538. The van der Waals surface area contributed by atoms with Gasteiger partial charge in [0, 0.05) is 31.2 Å². The van der Waals surface area contributed by atoms with Crippen LogP contribution in [0, 0.1) is 0 Å². The van der Waals surface area contributed by atoms with Crippen LogP contribution in [0.25, 0.3) is 0 Å². The molecule has 6 nitrogen and oxygen atoms in total. The molecule has 1 saturated carbocycles. The number of anilines is 1. The highest BCUT2D eigenvalue weighted by Crippen LogP contribution is 2.36. The third kappa shape index (κ3) is 4.66. The first-order chi connectivity index (χ1) is 15.7. The summed E-state index contributed by atoms with van der Waals surface area (Å²) in [6.45, 7) is 2.47. The number of nitrogens with one attached hydrogen (secondary N) is 1. The maximum Gasteiger partial charge on any atom is 0.325 e. The molecule has 0 amide bonds. The molecule has 3 heterocycles. The fourth-order valence-electron chi connectivity index (χ4n) is 5.58. The van der Waals surface area contributed by atoms with Crippen LogP contribution in [-0.4, -0.2) is 52.8 Å². The van der Waals surface area contributed by atoms with Gasteiger partial charge in [-0.25, -0.2) is 4.98 Å². The third-order valence-electron chi connectivity index (χ3n) is 7.28. The molecule has 2 N–H and O–H groups in total. The smallest absolute Gasteiger partial charge is 0.325 e. The number of likely N-dealkylation sites (tertiary alicyclic amines) is 1. The van der Waals surface area contributed by atoms with Crippen LogP contribution >= 0.6 is 0 Å². The molecule has 6 heteroatoms. The first kappa shape index (κ1) is 21.4. The minimum Gasteiger partial charge on any atom is -0.480 e. The summed E-state index contributed by atoms with van der Waals surface area (Å²) in [7, 11) is 0. The number of carboxylic acids is 1. The standard InChI is InChI=1S/C26H33N3O3/c30-26(31)24(19-5-2-1-3-6-19)29-16-14-22(17-29)32-21-11-8-18(9-12-21)23-13-10-20-7-4-15-27-25(20)28-23/h1-3,5-6,10,13,18,21-22,24H,4,7-9,11-12,14-17H2,(H,27,28)(H,30,31)/t18?,21?,22-,24+/m1/s1. The number of rotatable bonds is 6. The number of nitrogens with zero attached hydrogens (tertiary/aromatic N) is 2. The molecule has 2 aromatic rings. The lowest BCUT2D eigenvalue weighted by Crippen LogP contribution is -2.34. The van der Waals surface area contributed by atoms with Crippen molar-refractivity contribution in [3.63, 3.8) is 0 Å². The molecule has 2 aliphatic heterocycles. The molecule has 0 unspecified atom stereocenters. The van der Waals surface area contributed by atoms with Crippen LogP contribution in [0.3, 0.4) is 0 Å². The number of fused-ring (bicyclic) bond motifs is 1. The zero-order valence-electron chi connectivity index (χ0n) is 18.6. The Labute approximate surface area is 190 Å². The molecule has 5 rings (SSSR count). The van der Waals surface area contributed by atoms with Gasteiger partial charge in [-0.1, -0.05) is 36.4 Å². The van der Waals surface area contributed by atoms with E-state index >= 15 is 0 Å². The Balaban J connectivity index is 1.14. The highest BCUT2D eigenvalue weighted by Gasteiger charge is 2.35. The number of carboxylic acid groups (broad SMARTS) is 1. The minimum atomic E-state index is -0.788. The average Bonchev–Trinajstić information content (AvgIpc) is 3.27. The van der Waals surface area contributed by atoms with E-state index in [0.29, 0.717) is 12.5 Å². The van der Waals surface area contributed by atoms with E-state index in [9.17, 15) is 9.90 Å². The van der Waals surface area contributed by atoms with Gasteiger partial charge in [-0.05, 0) is 62.1 Å². The second kappa shape index (κ2) is 9.59. The summed E-state index contributed by atoms with van der Waals surface area (Å²) in [6.07, 6.45) is 7.91. The molecule has 32 heavy (non-hydrogen) atoms. The van der Waals surface area contributed by atoms with E-state index in [1.54, 1.807) is 0 Å². The molecule has 0 radical (unpaired) electrons. The predicted molar refractivity (Wildman–Crippen MR) is 124 cm³/mol. The maximum atomic E-state index is 12.0. The number of hydrogen-bond donors (Lipinski definition) is 2. The highest BCUT2D eigenvalue weighted by molar-refractivity contribution is 5.75. The summed E-state index contributed by atoms with van der Waals surface area (Å²) < 4.78 is 6.46. The van der Waals surface area contributed by atoms with Crippen molar-refractivity contribution in [3.8, 4) is 0 Å². The molecule has 2 fully saturated rings. The molecule has 1 saturated heterocycles. The van der Waals surface area contributed by atoms with E-state index < -0.39 is 12.0 Å². The van der Waals surface area contributed by atoms with Crippen molar-refractivity contribution in [2.45, 2.75) is 69.1 Å². The lowest BCUT2D eigenvalue weighted by molar-refractivity contribution is -0.143. The number of aliphatic carboxylic acids is 1. The fourth-order valence-corrected chi connectivity index (χ4v) is 5.58. The second-order valence-corrected chi connectivity index (χ2v) is 9.44. The summed E-state index contributed by atoms with van der Waals surface area (Å²) in [4.78, 5) is 18.9. The Morgan fingerprint density at radius 1 is 1.06 bits per heavy atom. The number of ether oxygens (including phenoxy) is 1. The topological polar surface area (TPSA) is 74.7 Å². The zero-order chi connectivity index (χ0) is 21.9. The van der Waals surface area contributed by atoms with Crippen molar-refractivity contribution in [2.75, 3.05) is 25.0 Å². The van der Waals surface area contributed by atoms with Crippen LogP contribution < -0.4 is 5.32 Å². The monoisotopic (exact) mass is 435 g/mol. The van der Waals surface area contributed by atoms with Crippen molar-refractivity contribution >= 4 is 11.8 Å². The Kier molecular flexibility index (Phi) is 6.42.